The third-order valence-corrected chi connectivity index (χ3v) is 3.67. The van der Waals surface area contributed by atoms with Gasteiger partial charge in [-0.25, -0.2) is 0 Å². The predicted octanol–water partition coefficient (Wildman–Crippen LogP) is 3.70. The summed E-state index contributed by atoms with van der Waals surface area (Å²) in [5, 5.41) is 0. The molecule has 1 saturated heterocycles. The standard InChI is InChI=1S/C12H22F3N/c1-4-10-5-7-16(8-6-10)9-11(2,3)12(13,14)15/h10H,4-9H2,1-3H3. The van der Waals surface area contributed by atoms with Crippen molar-refractivity contribution in [3.05, 3.63) is 0 Å². The van der Waals surface area contributed by atoms with E-state index in [0.717, 1.165) is 32.4 Å². The molecule has 96 valence electrons. The van der Waals surface area contributed by atoms with Crippen molar-refractivity contribution in [3.63, 3.8) is 0 Å². The fraction of sp³-hybridized carbons (Fsp3) is 1.00. The number of likely N-dealkylation sites (tertiary alicyclic amines) is 1. The molecule has 0 spiro atoms. The van der Waals surface area contributed by atoms with Crippen LogP contribution in [0.2, 0.25) is 0 Å². The Hall–Kier alpha value is -0.250. The lowest BCUT2D eigenvalue weighted by molar-refractivity contribution is -0.217. The van der Waals surface area contributed by atoms with Crippen LogP contribution in [0, 0.1) is 11.3 Å². The Morgan fingerprint density at radius 1 is 1.12 bits per heavy atom. The Morgan fingerprint density at radius 2 is 1.62 bits per heavy atom. The van der Waals surface area contributed by atoms with E-state index in [4.69, 9.17) is 0 Å². The summed E-state index contributed by atoms with van der Waals surface area (Å²) in [4.78, 5) is 1.96. The van der Waals surface area contributed by atoms with Crippen LogP contribution in [-0.4, -0.2) is 30.7 Å². The molecule has 0 aromatic carbocycles. The largest absolute Gasteiger partial charge is 0.395 e. The average molecular weight is 237 g/mol. The van der Waals surface area contributed by atoms with Gasteiger partial charge in [-0.3, -0.25) is 0 Å². The molecule has 1 aliphatic rings. The molecular formula is C12H22F3N. The maximum atomic E-state index is 12.7. The number of rotatable bonds is 3. The molecule has 0 saturated carbocycles. The Labute approximate surface area is 96.0 Å². The molecule has 0 aliphatic carbocycles. The van der Waals surface area contributed by atoms with Gasteiger partial charge in [0.1, 0.15) is 0 Å². The van der Waals surface area contributed by atoms with Gasteiger partial charge in [0.25, 0.3) is 0 Å². The first-order chi connectivity index (χ1) is 7.26. The Bertz CT molecular complexity index is 215. The highest BCUT2D eigenvalue weighted by atomic mass is 19.4. The summed E-state index contributed by atoms with van der Waals surface area (Å²) in [7, 11) is 0. The first kappa shape index (κ1) is 13.8. The van der Waals surface area contributed by atoms with Crippen molar-refractivity contribution in [2.24, 2.45) is 11.3 Å². The summed E-state index contributed by atoms with van der Waals surface area (Å²) >= 11 is 0. The van der Waals surface area contributed by atoms with Crippen molar-refractivity contribution in [2.75, 3.05) is 19.6 Å². The van der Waals surface area contributed by atoms with E-state index in [-0.39, 0.29) is 6.54 Å². The topological polar surface area (TPSA) is 3.24 Å². The molecule has 0 aromatic rings. The second-order valence-electron chi connectivity index (χ2n) is 5.51. The van der Waals surface area contributed by atoms with Crippen LogP contribution in [0.5, 0.6) is 0 Å². The molecule has 0 atom stereocenters. The van der Waals surface area contributed by atoms with Gasteiger partial charge < -0.3 is 4.90 Å². The van der Waals surface area contributed by atoms with E-state index in [1.165, 1.54) is 13.8 Å². The van der Waals surface area contributed by atoms with Crippen molar-refractivity contribution < 1.29 is 13.2 Å². The highest BCUT2D eigenvalue weighted by Gasteiger charge is 2.48. The molecule has 4 heteroatoms. The lowest BCUT2D eigenvalue weighted by Crippen LogP contribution is -2.46. The third-order valence-electron chi connectivity index (χ3n) is 3.67. The number of alkyl halides is 3. The van der Waals surface area contributed by atoms with Gasteiger partial charge >= 0.3 is 6.18 Å². The van der Waals surface area contributed by atoms with E-state index < -0.39 is 11.6 Å². The summed E-state index contributed by atoms with van der Waals surface area (Å²) in [5.41, 5.74) is -1.59. The van der Waals surface area contributed by atoms with Crippen LogP contribution < -0.4 is 0 Å². The molecule has 1 heterocycles. The number of nitrogens with zero attached hydrogens (tertiary/aromatic N) is 1. The zero-order valence-corrected chi connectivity index (χ0v) is 10.4. The van der Waals surface area contributed by atoms with E-state index in [9.17, 15) is 13.2 Å². The molecule has 0 N–H and O–H groups in total. The van der Waals surface area contributed by atoms with Gasteiger partial charge in [-0.15, -0.1) is 0 Å². The summed E-state index contributed by atoms with van der Waals surface area (Å²) in [6.45, 7) is 6.50. The van der Waals surface area contributed by atoms with Gasteiger partial charge in [0.05, 0.1) is 5.41 Å². The summed E-state index contributed by atoms with van der Waals surface area (Å²) in [6.07, 6.45) is -0.861. The summed E-state index contributed by atoms with van der Waals surface area (Å²) in [6, 6.07) is 0. The number of hydrogen-bond acceptors (Lipinski definition) is 1. The van der Waals surface area contributed by atoms with Crippen molar-refractivity contribution in [3.8, 4) is 0 Å². The monoisotopic (exact) mass is 237 g/mol. The predicted molar refractivity (Wildman–Crippen MR) is 59.3 cm³/mol. The Balaban J connectivity index is 2.45. The van der Waals surface area contributed by atoms with Gasteiger partial charge in [-0.2, -0.15) is 13.2 Å². The molecule has 0 unspecified atom stereocenters. The normalized spacial score (nSPS) is 21.4. The first-order valence-corrected chi connectivity index (χ1v) is 6.05. The van der Waals surface area contributed by atoms with Crippen LogP contribution in [-0.2, 0) is 0 Å². The van der Waals surface area contributed by atoms with Crippen LogP contribution in [0.25, 0.3) is 0 Å². The van der Waals surface area contributed by atoms with Gasteiger partial charge in [0, 0.05) is 6.54 Å². The highest BCUT2D eigenvalue weighted by molar-refractivity contribution is 4.83. The molecule has 0 aromatic heterocycles. The van der Waals surface area contributed by atoms with Crippen LogP contribution in [0.15, 0.2) is 0 Å². The van der Waals surface area contributed by atoms with Crippen molar-refractivity contribution in [2.45, 2.75) is 46.2 Å². The minimum Gasteiger partial charge on any atom is -0.302 e. The highest BCUT2D eigenvalue weighted by Crippen LogP contribution is 2.38. The van der Waals surface area contributed by atoms with Gasteiger partial charge in [0.2, 0.25) is 0 Å². The SMILES string of the molecule is CCC1CCN(CC(C)(C)C(F)(F)F)CC1. The average Bonchev–Trinajstić information content (AvgIpc) is 2.16. The van der Waals surface area contributed by atoms with Crippen LogP contribution in [0.3, 0.4) is 0 Å². The van der Waals surface area contributed by atoms with Crippen LogP contribution in [0.1, 0.15) is 40.0 Å². The van der Waals surface area contributed by atoms with Gasteiger partial charge in [-0.05, 0) is 45.7 Å². The molecule has 0 radical (unpaired) electrons. The Morgan fingerprint density at radius 3 is 2.00 bits per heavy atom. The zero-order chi connectivity index (χ0) is 12.4. The lowest BCUT2D eigenvalue weighted by Gasteiger charge is -2.38. The second kappa shape index (κ2) is 4.94. The fourth-order valence-electron chi connectivity index (χ4n) is 2.20. The molecular weight excluding hydrogens is 215 g/mol. The fourth-order valence-corrected chi connectivity index (χ4v) is 2.20. The van der Waals surface area contributed by atoms with Gasteiger partial charge in [-0.1, -0.05) is 13.3 Å². The van der Waals surface area contributed by atoms with Crippen LogP contribution >= 0.6 is 0 Å². The minimum absolute atomic E-state index is 0.132. The molecule has 1 nitrogen and oxygen atoms in total. The van der Waals surface area contributed by atoms with Crippen molar-refractivity contribution >= 4 is 0 Å². The molecule has 0 bridgehead atoms. The maximum absolute atomic E-state index is 12.7. The van der Waals surface area contributed by atoms with Gasteiger partial charge in [0.15, 0.2) is 0 Å². The molecule has 1 aliphatic heterocycles. The number of hydrogen-bond donors (Lipinski definition) is 0. The van der Waals surface area contributed by atoms with Crippen molar-refractivity contribution in [1.82, 2.24) is 4.90 Å². The molecule has 16 heavy (non-hydrogen) atoms. The third kappa shape index (κ3) is 3.37. The van der Waals surface area contributed by atoms with E-state index in [1.54, 1.807) is 0 Å². The lowest BCUT2D eigenvalue weighted by atomic mass is 9.89. The summed E-state index contributed by atoms with van der Waals surface area (Å²) in [5.74, 6) is 0.713. The minimum atomic E-state index is -4.10. The van der Waals surface area contributed by atoms with Crippen molar-refractivity contribution in [1.29, 1.82) is 0 Å². The number of piperidine rings is 1. The van der Waals surface area contributed by atoms with E-state index in [1.807, 2.05) is 4.90 Å². The molecule has 1 rings (SSSR count). The number of halogens is 3. The van der Waals surface area contributed by atoms with E-state index >= 15 is 0 Å². The zero-order valence-electron chi connectivity index (χ0n) is 10.4. The van der Waals surface area contributed by atoms with Crippen LogP contribution in [0.4, 0.5) is 13.2 Å². The van der Waals surface area contributed by atoms with E-state index in [2.05, 4.69) is 6.92 Å². The Kier molecular flexibility index (Phi) is 4.27. The quantitative estimate of drug-likeness (QED) is 0.723. The first-order valence-electron chi connectivity index (χ1n) is 6.05. The molecule has 1 fully saturated rings. The maximum Gasteiger partial charge on any atom is 0.395 e. The molecule has 0 amide bonds. The smallest absolute Gasteiger partial charge is 0.302 e. The summed E-state index contributed by atoms with van der Waals surface area (Å²) < 4.78 is 38.1. The van der Waals surface area contributed by atoms with E-state index in [0.29, 0.717) is 5.92 Å². The second-order valence-corrected chi connectivity index (χ2v) is 5.51.